The highest BCUT2D eigenvalue weighted by atomic mass is 16.3. The predicted molar refractivity (Wildman–Crippen MR) is 99.1 cm³/mol. The first-order chi connectivity index (χ1) is 12.1. The average molecular weight is 338 g/mol. The first-order valence-corrected chi connectivity index (χ1v) is 8.40. The third-order valence-corrected chi connectivity index (χ3v) is 4.98. The number of hydrogen-bond donors (Lipinski definition) is 6. The summed E-state index contributed by atoms with van der Waals surface area (Å²) in [4.78, 5) is 5.51. The van der Waals surface area contributed by atoms with Crippen molar-refractivity contribution in [1.29, 1.82) is 5.41 Å². The molecule has 2 aromatic rings. The molecule has 0 saturated carbocycles. The van der Waals surface area contributed by atoms with Crippen LogP contribution in [0.3, 0.4) is 0 Å². The average Bonchev–Trinajstić information content (AvgIpc) is 3.00. The highest BCUT2D eigenvalue weighted by Gasteiger charge is 2.32. The highest BCUT2D eigenvalue weighted by molar-refractivity contribution is 5.90. The second-order valence-electron chi connectivity index (χ2n) is 6.35. The Balaban J connectivity index is 1.78. The van der Waals surface area contributed by atoms with E-state index in [1.807, 2.05) is 18.2 Å². The molecule has 0 amide bonds. The summed E-state index contributed by atoms with van der Waals surface area (Å²) >= 11 is 0. The normalized spacial score (nSPS) is 18.4. The Labute approximate surface area is 146 Å². The molecule has 2 aliphatic heterocycles. The number of benzene rings is 1. The van der Waals surface area contributed by atoms with E-state index in [0.29, 0.717) is 5.96 Å². The van der Waals surface area contributed by atoms with Gasteiger partial charge in [0.25, 0.3) is 0 Å². The molecule has 7 nitrogen and oxygen atoms in total. The summed E-state index contributed by atoms with van der Waals surface area (Å²) in [7, 11) is 1.78. The van der Waals surface area contributed by atoms with Crippen LogP contribution in [0.15, 0.2) is 24.3 Å². The van der Waals surface area contributed by atoms with Crippen molar-refractivity contribution in [3.63, 3.8) is 0 Å². The minimum atomic E-state index is 0.0884. The summed E-state index contributed by atoms with van der Waals surface area (Å²) < 4.78 is 0. The van der Waals surface area contributed by atoms with E-state index in [1.54, 1.807) is 13.1 Å². The van der Waals surface area contributed by atoms with Crippen LogP contribution in [-0.4, -0.2) is 34.5 Å². The largest absolute Gasteiger partial charge is 0.507 e. The van der Waals surface area contributed by atoms with Gasteiger partial charge in [-0.15, -0.1) is 0 Å². The third-order valence-electron chi connectivity index (χ3n) is 4.98. The van der Waals surface area contributed by atoms with Crippen molar-refractivity contribution in [2.75, 3.05) is 19.0 Å². The van der Waals surface area contributed by atoms with Crippen molar-refractivity contribution < 1.29 is 5.11 Å². The number of rotatable bonds is 1. The van der Waals surface area contributed by atoms with Gasteiger partial charge in [-0.3, -0.25) is 16.3 Å². The van der Waals surface area contributed by atoms with E-state index in [2.05, 4.69) is 39.1 Å². The molecule has 1 aromatic heterocycles. The third kappa shape index (κ3) is 2.39. The van der Waals surface area contributed by atoms with Crippen LogP contribution < -0.4 is 16.2 Å². The SMILES string of the molecule is CNC(=N)N1CCc2[nH]c3c(c2[C@H]1C)C=C(c1ccccc1O)NN3. The van der Waals surface area contributed by atoms with E-state index in [-0.39, 0.29) is 11.8 Å². The van der Waals surface area contributed by atoms with Gasteiger partial charge >= 0.3 is 0 Å². The molecule has 0 bridgehead atoms. The van der Waals surface area contributed by atoms with E-state index in [9.17, 15) is 5.11 Å². The molecule has 130 valence electrons. The van der Waals surface area contributed by atoms with Crippen LogP contribution >= 0.6 is 0 Å². The number of aromatic nitrogens is 1. The Morgan fingerprint density at radius 2 is 2.12 bits per heavy atom. The number of guanidine groups is 1. The van der Waals surface area contributed by atoms with Gasteiger partial charge in [0.15, 0.2) is 5.96 Å². The van der Waals surface area contributed by atoms with E-state index >= 15 is 0 Å². The molecule has 25 heavy (non-hydrogen) atoms. The van der Waals surface area contributed by atoms with Crippen LogP contribution in [0.4, 0.5) is 5.82 Å². The molecule has 1 aromatic carbocycles. The van der Waals surface area contributed by atoms with Crippen LogP contribution in [0.2, 0.25) is 0 Å². The van der Waals surface area contributed by atoms with Gasteiger partial charge in [-0.05, 0) is 25.1 Å². The lowest BCUT2D eigenvalue weighted by Crippen LogP contribution is -2.44. The maximum atomic E-state index is 10.1. The molecule has 4 rings (SSSR count). The van der Waals surface area contributed by atoms with Crippen molar-refractivity contribution in [2.45, 2.75) is 19.4 Å². The molecule has 3 heterocycles. The zero-order valence-corrected chi connectivity index (χ0v) is 14.3. The number of para-hydroxylation sites is 1. The first-order valence-electron chi connectivity index (χ1n) is 8.40. The van der Waals surface area contributed by atoms with Crippen molar-refractivity contribution in [1.82, 2.24) is 20.6 Å². The van der Waals surface area contributed by atoms with E-state index in [1.165, 1.54) is 11.3 Å². The molecule has 0 fully saturated rings. The second kappa shape index (κ2) is 5.77. The fourth-order valence-electron chi connectivity index (χ4n) is 3.69. The fraction of sp³-hybridized carbons (Fsp3) is 0.278. The van der Waals surface area contributed by atoms with Crippen molar-refractivity contribution in [2.24, 2.45) is 0 Å². The molecular weight excluding hydrogens is 316 g/mol. The Morgan fingerprint density at radius 1 is 1.32 bits per heavy atom. The number of aromatic hydroxyl groups is 1. The van der Waals surface area contributed by atoms with E-state index < -0.39 is 0 Å². The number of phenols is 1. The van der Waals surface area contributed by atoms with Crippen molar-refractivity contribution >= 4 is 23.6 Å². The van der Waals surface area contributed by atoms with Crippen LogP contribution in [0.5, 0.6) is 5.75 Å². The maximum Gasteiger partial charge on any atom is 0.191 e. The summed E-state index contributed by atoms with van der Waals surface area (Å²) in [6, 6.07) is 7.36. The van der Waals surface area contributed by atoms with Crippen molar-refractivity contribution in [3.05, 3.63) is 46.6 Å². The Morgan fingerprint density at radius 3 is 2.88 bits per heavy atom. The van der Waals surface area contributed by atoms with Gasteiger partial charge in [-0.2, -0.15) is 0 Å². The Kier molecular flexibility index (Phi) is 3.56. The van der Waals surface area contributed by atoms with Gasteiger partial charge in [0.1, 0.15) is 11.6 Å². The van der Waals surface area contributed by atoms with Gasteiger partial charge < -0.3 is 20.3 Å². The summed E-state index contributed by atoms with van der Waals surface area (Å²) in [6.07, 6.45) is 2.91. The molecule has 0 radical (unpaired) electrons. The summed E-state index contributed by atoms with van der Waals surface area (Å²) in [5.41, 5.74) is 11.4. The van der Waals surface area contributed by atoms with Gasteiger partial charge in [-0.25, -0.2) is 0 Å². The van der Waals surface area contributed by atoms with Gasteiger partial charge in [0, 0.05) is 42.4 Å². The summed E-state index contributed by atoms with van der Waals surface area (Å²) in [5.74, 6) is 1.59. The lowest BCUT2D eigenvalue weighted by Gasteiger charge is -2.35. The van der Waals surface area contributed by atoms with Crippen LogP contribution in [-0.2, 0) is 6.42 Å². The zero-order valence-electron chi connectivity index (χ0n) is 14.3. The summed E-state index contributed by atoms with van der Waals surface area (Å²) in [6.45, 7) is 2.92. The molecule has 0 unspecified atom stereocenters. The van der Waals surface area contributed by atoms with E-state index in [4.69, 9.17) is 5.41 Å². The number of anilines is 1. The molecule has 2 aliphatic rings. The topological polar surface area (TPSA) is 99.2 Å². The molecule has 6 N–H and O–H groups in total. The quantitative estimate of drug-likeness (QED) is 0.354. The second-order valence-corrected chi connectivity index (χ2v) is 6.35. The molecular formula is C18H22N6O. The Hall–Kier alpha value is -3.09. The number of nitrogens with zero attached hydrogens (tertiary/aromatic N) is 1. The minimum Gasteiger partial charge on any atom is -0.507 e. The predicted octanol–water partition coefficient (Wildman–Crippen LogP) is 2.22. The summed E-state index contributed by atoms with van der Waals surface area (Å²) in [5, 5.41) is 21.2. The zero-order chi connectivity index (χ0) is 17.6. The minimum absolute atomic E-state index is 0.0884. The first kappa shape index (κ1) is 15.4. The number of hydrogen-bond acceptors (Lipinski definition) is 4. The highest BCUT2D eigenvalue weighted by Crippen LogP contribution is 2.39. The number of fused-ring (bicyclic) bond motifs is 3. The number of hydrazine groups is 1. The Bertz CT molecular complexity index is 868. The maximum absolute atomic E-state index is 10.1. The fourth-order valence-corrected chi connectivity index (χ4v) is 3.69. The lowest BCUT2D eigenvalue weighted by molar-refractivity contribution is 0.307. The number of H-pyrrole nitrogens is 1. The van der Waals surface area contributed by atoms with Crippen LogP contribution in [0, 0.1) is 5.41 Å². The smallest absolute Gasteiger partial charge is 0.191 e. The standard InChI is InChI=1S/C18H22N6O/c1-10-16-12-9-14(11-5-3-4-6-15(11)25)22-23-17(12)21-13(16)7-8-24(10)18(19)20-2/h3-6,9-10,21-23,25H,7-8H2,1-2H3,(H2,19,20)/t10-/m1/s1. The lowest BCUT2D eigenvalue weighted by atomic mass is 9.94. The monoisotopic (exact) mass is 338 g/mol. The van der Waals surface area contributed by atoms with Gasteiger partial charge in [0.2, 0.25) is 0 Å². The molecule has 0 aliphatic carbocycles. The van der Waals surface area contributed by atoms with E-state index in [0.717, 1.165) is 35.6 Å². The molecule has 0 saturated heterocycles. The number of phenolic OH excluding ortho intramolecular Hbond substituents is 1. The number of nitrogens with one attached hydrogen (secondary N) is 5. The molecule has 7 heteroatoms. The van der Waals surface area contributed by atoms with Crippen molar-refractivity contribution in [3.8, 4) is 5.75 Å². The van der Waals surface area contributed by atoms with Gasteiger partial charge in [-0.1, -0.05) is 12.1 Å². The number of aromatic amines is 1. The van der Waals surface area contributed by atoms with Crippen LogP contribution in [0.1, 0.15) is 35.3 Å². The molecule has 1 atom stereocenters. The van der Waals surface area contributed by atoms with Crippen LogP contribution in [0.25, 0.3) is 11.8 Å². The molecule has 0 spiro atoms. The van der Waals surface area contributed by atoms with Gasteiger partial charge in [0.05, 0.1) is 11.7 Å².